The molecule has 0 saturated heterocycles. The summed E-state index contributed by atoms with van der Waals surface area (Å²) < 4.78 is 5.29. The minimum Gasteiger partial charge on any atom is -0.377 e. The third-order valence-corrected chi connectivity index (χ3v) is 1.12. The van der Waals surface area contributed by atoms with Crippen LogP contribution in [0.2, 0.25) is 0 Å². The van der Waals surface area contributed by atoms with E-state index in [9.17, 15) is 0 Å². The molecule has 2 N–H and O–H groups in total. The molecule has 48 valence electrons. The fourth-order valence-corrected chi connectivity index (χ4v) is 0.523. The first-order valence-electron chi connectivity index (χ1n) is 3.16. The summed E-state index contributed by atoms with van der Waals surface area (Å²) in [5.74, 6) is 0. The van der Waals surface area contributed by atoms with Crippen molar-refractivity contribution in [2.24, 2.45) is 5.73 Å². The van der Waals surface area contributed by atoms with Gasteiger partial charge in [0.25, 0.3) is 0 Å². The van der Waals surface area contributed by atoms with Gasteiger partial charge in [0.05, 0.1) is 12.7 Å². The van der Waals surface area contributed by atoms with Crippen LogP contribution >= 0.6 is 0 Å². The average Bonchev–Trinajstić information content (AvgIpc) is 2.41. The molecule has 0 bridgehead atoms. The summed E-state index contributed by atoms with van der Waals surface area (Å²) in [4.78, 5) is 0. The zero-order valence-corrected chi connectivity index (χ0v) is 5.26. The molecule has 2 nitrogen and oxygen atoms in total. The van der Waals surface area contributed by atoms with Crippen molar-refractivity contribution in [2.75, 3.05) is 6.61 Å². The molecule has 0 unspecified atom stereocenters. The first-order chi connectivity index (χ1) is 3.79. The average molecular weight is 115 g/mol. The lowest BCUT2D eigenvalue weighted by molar-refractivity contribution is 0.110. The Labute approximate surface area is 50.0 Å². The Morgan fingerprint density at radius 3 is 2.75 bits per heavy atom. The molecule has 1 rings (SSSR count). The molecule has 0 aromatic rings. The third kappa shape index (κ3) is 2.28. The normalized spacial score (nSPS) is 23.2. The van der Waals surface area contributed by atoms with Gasteiger partial charge in [0.2, 0.25) is 0 Å². The molecular weight excluding hydrogens is 102 g/mol. The van der Waals surface area contributed by atoms with E-state index in [1.807, 2.05) is 6.92 Å². The van der Waals surface area contributed by atoms with Gasteiger partial charge in [-0.15, -0.1) is 0 Å². The van der Waals surface area contributed by atoms with E-state index in [-0.39, 0.29) is 6.04 Å². The summed E-state index contributed by atoms with van der Waals surface area (Å²) in [5, 5.41) is 0. The summed E-state index contributed by atoms with van der Waals surface area (Å²) in [7, 11) is 0. The number of rotatable bonds is 3. The predicted octanol–water partition coefficient (Wildman–Crippen LogP) is 0.513. The van der Waals surface area contributed by atoms with Crippen LogP contribution in [0, 0.1) is 0 Å². The molecular formula is C6H13NO. The van der Waals surface area contributed by atoms with Crippen LogP contribution in [0.5, 0.6) is 0 Å². The van der Waals surface area contributed by atoms with Crippen molar-refractivity contribution in [1.29, 1.82) is 0 Å². The monoisotopic (exact) mass is 115 g/mol. The summed E-state index contributed by atoms with van der Waals surface area (Å²) in [6.07, 6.45) is 3.04. The van der Waals surface area contributed by atoms with E-state index < -0.39 is 0 Å². The van der Waals surface area contributed by atoms with Crippen LogP contribution in [-0.4, -0.2) is 18.8 Å². The highest BCUT2D eigenvalue weighted by molar-refractivity contribution is 4.73. The Bertz CT molecular complexity index is 66.9. The molecule has 0 aliphatic heterocycles. The summed E-state index contributed by atoms with van der Waals surface area (Å²) in [6.45, 7) is 2.69. The van der Waals surface area contributed by atoms with Gasteiger partial charge < -0.3 is 10.5 Å². The fraction of sp³-hybridized carbons (Fsp3) is 1.00. The minimum absolute atomic E-state index is 0.204. The fourth-order valence-electron chi connectivity index (χ4n) is 0.523. The van der Waals surface area contributed by atoms with Crippen LogP contribution < -0.4 is 5.73 Å². The van der Waals surface area contributed by atoms with Crippen LogP contribution in [0.4, 0.5) is 0 Å². The van der Waals surface area contributed by atoms with Gasteiger partial charge in [0.1, 0.15) is 0 Å². The predicted molar refractivity (Wildman–Crippen MR) is 32.6 cm³/mol. The van der Waals surface area contributed by atoms with E-state index >= 15 is 0 Å². The summed E-state index contributed by atoms with van der Waals surface area (Å²) in [6, 6.07) is 0.204. The maximum absolute atomic E-state index is 5.44. The van der Waals surface area contributed by atoms with E-state index in [2.05, 4.69) is 0 Å². The van der Waals surface area contributed by atoms with Crippen molar-refractivity contribution >= 4 is 0 Å². The zero-order valence-electron chi connectivity index (χ0n) is 5.26. The minimum atomic E-state index is 0.204. The van der Waals surface area contributed by atoms with E-state index in [1.54, 1.807) is 0 Å². The SMILES string of the molecule is C[C@@H](N)COC1CC1. The van der Waals surface area contributed by atoms with Crippen LogP contribution in [0.1, 0.15) is 19.8 Å². The molecule has 1 saturated carbocycles. The van der Waals surface area contributed by atoms with Gasteiger partial charge in [0, 0.05) is 6.04 Å². The molecule has 2 heteroatoms. The van der Waals surface area contributed by atoms with Crippen LogP contribution in [0.15, 0.2) is 0 Å². The van der Waals surface area contributed by atoms with Gasteiger partial charge in [-0.25, -0.2) is 0 Å². The van der Waals surface area contributed by atoms with E-state index in [0.717, 1.165) is 6.61 Å². The highest BCUT2D eigenvalue weighted by Crippen LogP contribution is 2.23. The van der Waals surface area contributed by atoms with Crippen molar-refractivity contribution in [3.8, 4) is 0 Å². The molecule has 1 aliphatic carbocycles. The van der Waals surface area contributed by atoms with Gasteiger partial charge >= 0.3 is 0 Å². The summed E-state index contributed by atoms with van der Waals surface area (Å²) in [5.41, 5.74) is 5.44. The highest BCUT2D eigenvalue weighted by Gasteiger charge is 2.21. The van der Waals surface area contributed by atoms with Gasteiger partial charge in [-0.2, -0.15) is 0 Å². The van der Waals surface area contributed by atoms with Gasteiger partial charge in [-0.3, -0.25) is 0 Å². The Hall–Kier alpha value is -0.0800. The van der Waals surface area contributed by atoms with Gasteiger partial charge in [-0.05, 0) is 19.8 Å². The van der Waals surface area contributed by atoms with Gasteiger partial charge in [-0.1, -0.05) is 0 Å². The maximum Gasteiger partial charge on any atom is 0.0618 e. The second-order valence-electron chi connectivity index (χ2n) is 2.51. The number of ether oxygens (including phenoxy) is 1. The van der Waals surface area contributed by atoms with Crippen LogP contribution in [0.3, 0.4) is 0 Å². The summed E-state index contributed by atoms with van der Waals surface area (Å²) >= 11 is 0. The van der Waals surface area contributed by atoms with E-state index in [0.29, 0.717) is 6.10 Å². The molecule has 0 heterocycles. The lowest BCUT2D eigenvalue weighted by atomic mass is 10.4. The topological polar surface area (TPSA) is 35.2 Å². The second-order valence-corrected chi connectivity index (χ2v) is 2.51. The Kier molecular flexibility index (Phi) is 1.86. The molecule has 0 radical (unpaired) electrons. The third-order valence-electron chi connectivity index (χ3n) is 1.12. The standard InChI is InChI=1S/C6H13NO/c1-5(7)4-8-6-2-3-6/h5-6H,2-4,7H2,1H3/t5-/m1/s1. The molecule has 0 spiro atoms. The van der Waals surface area contributed by atoms with E-state index in [1.165, 1.54) is 12.8 Å². The van der Waals surface area contributed by atoms with Crippen molar-refractivity contribution in [2.45, 2.75) is 31.9 Å². The van der Waals surface area contributed by atoms with Crippen LogP contribution in [0.25, 0.3) is 0 Å². The zero-order chi connectivity index (χ0) is 5.98. The molecule has 0 amide bonds. The Morgan fingerprint density at radius 2 is 2.38 bits per heavy atom. The lowest BCUT2D eigenvalue weighted by Gasteiger charge is -2.03. The number of nitrogens with two attached hydrogens (primary N) is 1. The number of hydrogen-bond acceptors (Lipinski definition) is 2. The highest BCUT2D eigenvalue weighted by atomic mass is 16.5. The van der Waals surface area contributed by atoms with Crippen molar-refractivity contribution < 1.29 is 4.74 Å². The Morgan fingerprint density at radius 1 is 1.75 bits per heavy atom. The smallest absolute Gasteiger partial charge is 0.0618 e. The van der Waals surface area contributed by atoms with Crippen molar-refractivity contribution in [3.63, 3.8) is 0 Å². The largest absolute Gasteiger partial charge is 0.377 e. The molecule has 0 aromatic carbocycles. The molecule has 1 fully saturated rings. The van der Waals surface area contributed by atoms with Gasteiger partial charge in [0.15, 0.2) is 0 Å². The lowest BCUT2D eigenvalue weighted by Crippen LogP contribution is -2.22. The molecule has 1 atom stereocenters. The molecule has 8 heavy (non-hydrogen) atoms. The first-order valence-corrected chi connectivity index (χ1v) is 3.16. The number of hydrogen-bond donors (Lipinski definition) is 1. The van der Waals surface area contributed by atoms with Crippen molar-refractivity contribution in [3.05, 3.63) is 0 Å². The quantitative estimate of drug-likeness (QED) is 0.581. The molecule has 1 aliphatic rings. The maximum atomic E-state index is 5.44. The van der Waals surface area contributed by atoms with Crippen LogP contribution in [-0.2, 0) is 4.74 Å². The first kappa shape index (κ1) is 6.05. The second kappa shape index (κ2) is 2.46. The van der Waals surface area contributed by atoms with E-state index in [4.69, 9.17) is 10.5 Å². The Balaban J connectivity index is 1.87. The van der Waals surface area contributed by atoms with Crippen molar-refractivity contribution in [1.82, 2.24) is 0 Å². The molecule has 0 aromatic heterocycles.